The molecule has 0 aliphatic carbocycles. The van der Waals surface area contributed by atoms with Crippen molar-refractivity contribution in [3.05, 3.63) is 64.7 Å². The van der Waals surface area contributed by atoms with Crippen molar-refractivity contribution in [2.24, 2.45) is 5.10 Å². The Labute approximate surface area is 168 Å². The van der Waals surface area contributed by atoms with Crippen molar-refractivity contribution in [3.63, 3.8) is 0 Å². The molecule has 1 N–H and O–H groups in total. The standard InChI is InChI=1S/C21H21N5O3/c1-13-9-18(15(3)26(13)20-10-14(2)29-25-20)12-23-24-21(27)16(4)28-19-7-5-17(11-22)6-8-19/h5-10,12,16H,1-4H3,(H,24,27)/b23-12-/t16-/m1/s1. The summed E-state index contributed by atoms with van der Waals surface area (Å²) >= 11 is 0. The Kier molecular flexibility index (Phi) is 5.79. The molecule has 0 saturated heterocycles. The van der Waals surface area contributed by atoms with Crippen LogP contribution in [0.5, 0.6) is 5.75 Å². The summed E-state index contributed by atoms with van der Waals surface area (Å²) < 4.78 is 12.7. The van der Waals surface area contributed by atoms with Crippen LogP contribution in [0.15, 0.2) is 46.0 Å². The van der Waals surface area contributed by atoms with Crippen LogP contribution < -0.4 is 10.2 Å². The number of carbonyl (C=O) groups excluding carboxylic acids is 1. The Hall–Kier alpha value is -3.86. The second-order valence-corrected chi connectivity index (χ2v) is 6.59. The molecule has 8 heteroatoms. The van der Waals surface area contributed by atoms with Crippen LogP contribution in [0, 0.1) is 32.1 Å². The van der Waals surface area contributed by atoms with Crippen molar-refractivity contribution in [2.45, 2.75) is 33.8 Å². The lowest BCUT2D eigenvalue weighted by atomic mass is 10.2. The summed E-state index contributed by atoms with van der Waals surface area (Å²) in [4.78, 5) is 12.2. The Morgan fingerprint density at radius 2 is 2.03 bits per heavy atom. The molecule has 0 unspecified atom stereocenters. The van der Waals surface area contributed by atoms with E-state index in [1.54, 1.807) is 37.4 Å². The quantitative estimate of drug-likeness (QED) is 0.513. The Morgan fingerprint density at radius 3 is 2.66 bits per heavy atom. The van der Waals surface area contributed by atoms with E-state index in [2.05, 4.69) is 15.7 Å². The molecule has 0 saturated carbocycles. The van der Waals surface area contributed by atoms with Crippen molar-refractivity contribution in [3.8, 4) is 17.6 Å². The summed E-state index contributed by atoms with van der Waals surface area (Å²) in [5.41, 5.74) is 5.76. The van der Waals surface area contributed by atoms with Crippen molar-refractivity contribution in [1.29, 1.82) is 5.26 Å². The Bertz CT molecular complexity index is 1090. The molecule has 0 aliphatic rings. The molecule has 1 aromatic carbocycles. The van der Waals surface area contributed by atoms with Crippen LogP contribution in [0.4, 0.5) is 0 Å². The molecular weight excluding hydrogens is 370 g/mol. The van der Waals surface area contributed by atoms with Gasteiger partial charge in [-0.1, -0.05) is 5.16 Å². The second kappa shape index (κ2) is 8.44. The summed E-state index contributed by atoms with van der Waals surface area (Å²) in [5.74, 6) is 1.55. The zero-order valence-electron chi connectivity index (χ0n) is 16.6. The largest absolute Gasteiger partial charge is 0.481 e. The summed E-state index contributed by atoms with van der Waals surface area (Å²) in [7, 11) is 0. The predicted octanol–water partition coefficient (Wildman–Crippen LogP) is 3.18. The number of nitrogens with one attached hydrogen (secondary N) is 1. The molecule has 1 atom stereocenters. The number of nitriles is 1. The molecule has 0 bridgehead atoms. The van der Waals surface area contributed by atoms with Crippen LogP contribution >= 0.6 is 0 Å². The van der Waals surface area contributed by atoms with E-state index in [1.807, 2.05) is 43.5 Å². The molecule has 29 heavy (non-hydrogen) atoms. The summed E-state index contributed by atoms with van der Waals surface area (Å²) in [6, 6.07) is 12.4. The number of aryl methyl sites for hydroxylation is 2. The fourth-order valence-electron chi connectivity index (χ4n) is 2.85. The van der Waals surface area contributed by atoms with Gasteiger partial charge < -0.3 is 9.26 Å². The Morgan fingerprint density at radius 1 is 1.31 bits per heavy atom. The fraction of sp³-hybridized carbons (Fsp3) is 0.238. The molecule has 3 aromatic rings. The minimum Gasteiger partial charge on any atom is -0.481 e. The van der Waals surface area contributed by atoms with E-state index in [0.717, 1.165) is 22.7 Å². The highest BCUT2D eigenvalue weighted by atomic mass is 16.5. The van der Waals surface area contributed by atoms with Crippen molar-refractivity contribution in [2.75, 3.05) is 0 Å². The third kappa shape index (κ3) is 4.52. The number of nitrogens with zero attached hydrogens (tertiary/aromatic N) is 4. The molecule has 0 aliphatic heterocycles. The highest BCUT2D eigenvalue weighted by molar-refractivity contribution is 5.85. The van der Waals surface area contributed by atoms with Crippen molar-refractivity contribution in [1.82, 2.24) is 15.1 Å². The molecule has 0 radical (unpaired) electrons. The van der Waals surface area contributed by atoms with Crippen LogP contribution in [0.2, 0.25) is 0 Å². The minimum atomic E-state index is -0.745. The molecule has 3 rings (SSSR count). The average molecular weight is 391 g/mol. The monoisotopic (exact) mass is 391 g/mol. The predicted molar refractivity (Wildman–Crippen MR) is 107 cm³/mol. The first-order chi connectivity index (χ1) is 13.9. The van der Waals surface area contributed by atoms with Gasteiger partial charge in [0.15, 0.2) is 11.9 Å². The van der Waals surface area contributed by atoms with Crippen LogP contribution in [0.3, 0.4) is 0 Å². The third-order valence-electron chi connectivity index (χ3n) is 4.36. The average Bonchev–Trinajstić information content (AvgIpc) is 3.24. The smallest absolute Gasteiger partial charge is 0.280 e. The van der Waals surface area contributed by atoms with Gasteiger partial charge >= 0.3 is 0 Å². The van der Waals surface area contributed by atoms with Gasteiger partial charge in [0, 0.05) is 23.0 Å². The number of carbonyl (C=O) groups is 1. The minimum absolute atomic E-state index is 0.383. The van der Waals surface area contributed by atoms with E-state index in [4.69, 9.17) is 14.5 Å². The summed E-state index contributed by atoms with van der Waals surface area (Å²) in [6.07, 6.45) is 0.837. The lowest BCUT2D eigenvalue weighted by Gasteiger charge is -2.12. The van der Waals surface area contributed by atoms with Gasteiger partial charge in [0.1, 0.15) is 11.5 Å². The van der Waals surface area contributed by atoms with Crippen molar-refractivity contribution >= 4 is 12.1 Å². The van der Waals surface area contributed by atoms with Gasteiger partial charge in [0.05, 0.1) is 17.8 Å². The fourth-order valence-corrected chi connectivity index (χ4v) is 2.85. The van der Waals surface area contributed by atoms with E-state index in [0.29, 0.717) is 17.1 Å². The Balaban J connectivity index is 1.63. The van der Waals surface area contributed by atoms with E-state index in [9.17, 15) is 4.79 Å². The number of ether oxygens (including phenoxy) is 1. The van der Waals surface area contributed by atoms with Crippen LogP contribution in [0.25, 0.3) is 5.82 Å². The highest BCUT2D eigenvalue weighted by Crippen LogP contribution is 2.19. The van der Waals surface area contributed by atoms with Gasteiger partial charge in [-0.15, -0.1) is 0 Å². The number of hydrogen-bond acceptors (Lipinski definition) is 6. The van der Waals surface area contributed by atoms with Gasteiger partial charge in [-0.3, -0.25) is 9.36 Å². The van der Waals surface area contributed by atoms with E-state index in [-0.39, 0.29) is 5.91 Å². The lowest BCUT2D eigenvalue weighted by Crippen LogP contribution is -2.33. The first kappa shape index (κ1) is 19.9. The topological polar surface area (TPSA) is 105 Å². The number of hydrogen-bond donors (Lipinski definition) is 1. The molecule has 0 spiro atoms. The maximum absolute atomic E-state index is 12.2. The second-order valence-electron chi connectivity index (χ2n) is 6.59. The van der Waals surface area contributed by atoms with Gasteiger partial charge in [-0.2, -0.15) is 10.4 Å². The molecular formula is C21H21N5O3. The third-order valence-corrected chi connectivity index (χ3v) is 4.36. The van der Waals surface area contributed by atoms with Crippen LogP contribution in [-0.4, -0.2) is 27.9 Å². The van der Waals surface area contributed by atoms with Crippen molar-refractivity contribution < 1.29 is 14.1 Å². The molecule has 2 aromatic heterocycles. The normalized spacial score (nSPS) is 12.0. The lowest BCUT2D eigenvalue weighted by molar-refractivity contribution is -0.127. The maximum atomic E-state index is 12.2. The van der Waals surface area contributed by atoms with Gasteiger partial charge in [-0.05, 0) is 58.0 Å². The first-order valence-electron chi connectivity index (χ1n) is 9.01. The van der Waals surface area contributed by atoms with Gasteiger partial charge in [0.2, 0.25) is 0 Å². The highest BCUT2D eigenvalue weighted by Gasteiger charge is 2.15. The zero-order chi connectivity index (χ0) is 21.0. The van der Waals surface area contributed by atoms with E-state index in [1.165, 1.54) is 0 Å². The maximum Gasteiger partial charge on any atom is 0.280 e. The number of rotatable bonds is 6. The number of aromatic nitrogens is 2. The van der Waals surface area contributed by atoms with E-state index >= 15 is 0 Å². The van der Waals surface area contributed by atoms with E-state index < -0.39 is 6.10 Å². The molecule has 148 valence electrons. The number of hydrazone groups is 1. The van der Waals surface area contributed by atoms with Gasteiger partial charge in [-0.25, -0.2) is 5.43 Å². The van der Waals surface area contributed by atoms with Crippen LogP contribution in [0.1, 0.15) is 35.2 Å². The van der Waals surface area contributed by atoms with Crippen LogP contribution in [-0.2, 0) is 4.79 Å². The zero-order valence-corrected chi connectivity index (χ0v) is 16.6. The number of amides is 1. The molecule has 8 nitrogen and oxygen atoms in total. The summed E-state index contributed by atoms with van der Waals surface area (Å²) in [6.45, 7) is 7.36. The molecule has 2 heterocycles. The van der Waals surface area contributed by atoms with Gasteiger partial charge in [0.25, 0.3) is 5.91 Å². The molecule has 1 amide bonds. The SMILES string of the molecule is Cc1cc(-n2c(C)cc(/C=N\NC(=O)[C@@H](C)Oc3ccc(C#N)cc3)c2C)no1. The first-order valence-corrected chi connectivity index (χ1v) is 9.01. The number of benzene rings is 1. The summed E-state index contributed by atoms with van der Waals surface area (Å²) in [5, 5.41) is 16.9. The molecule has 0 fully saturated rings.